The highest BCUT2D eigenvalue weighted by Gasteiger charge is 2.21. The van der Waals surface area contributed by atoms with E-state index in [0.717, 1.165) is 37.5 Å². The van der Waals surface area contributed by atoms with Crippen LogP contribution in [0.5, 0.6) is 0 Å². The van der Waals surface area contributed by atoms with Crippen LogP contribution in [0.1, 0.15) is 66.7 Å². The second-order valence-electron chi connectivity index (χ2n) is 9.78. The summed E-state index contributed by atoms with van der Waals surface area (Å²) in [5.41, 5.74) is 2.86. The van der Waals surface area contributed by atoms with Crippen LogP contribution in [0.25, 0.3) is 0 Å². The molecule has 2 heteroatoms. The fourth-order valence-corrected chi connectivity index (χ4v) is 4.44. The molecule has 2 nitrogen and oxygen atoms in total. The van der Waals surface area contributed by atoms with Crippen LogP contribution < -0.4 is 0 Å². The van der Waals surface area contributed by atoms with Gasteiger partial charge in [-0.2, -0.15) is 0 Å². The third kappa shape index (κ3) is 11.9. The summed E-state index contributed by atoms with van der Waals surface area (Å²) < 4.78 is 5.93. The number of hydrogen-bond acceptors (Lipinski definition) is 2. The van der Waals surface area contributed by atoms with E-state index in [9.17, 15) is 0 Å². The average molecular weight is 488 g/mol. The molecule has 2 atom stereocenters. The van der Waals surface area contributed by atoms with E-state index in [1.165, 1.54) is 31.5 Å². The highest BCUT2D eigenvalue weighted by molar-refractivity contribution is 5.29. The lowest BCUT2D eigenvalue weighted by atomic mass is 9.84. The van der Waals surface area contributed by atoms with Crippen molar-refractivity contribution in [2.24, 2.45) is 11.8 Å². The maximum absolute atomic E-state index is 5.93. The normalized spacial score (nSPS) is 22.1. The van der Waals surface area contributed by atoms with Gasteiger partial charge in [0.2, 0.25) is 0 Å². The number of hydrogen-bond donors (Lipinski definition) is 0. The summed E-state index contributed by atoms with van der Waals surface area (Å²) >= 11 is 0. The van der Waals surface area contributed by atoms with Crippen LogP contribution in [0.2, 0.25) is 0 Å². The van der Waals surface area contributed by atoms with Gasteiger partial charge in [-0.15, -0.1) is 0 Å². The van der Waals surface area contributed by atoms with E-state index in [2.05, 4.69) is 112 Å². The van der Waals surface area contributed by atoms with Crippen molar-refractivity contribution in [3.05, 3.63) is 108 Å². The summed E-state index contributed by atoms with van der Waals surface area (Å²) in [6, 6.07) is 0. The van der Waals surface area contributed by atoms with Crippen LogP contribution in [-0.4, -0.2) is 30.6 Å². The van der Waals surface area contributed by atoms with Crippen molar-refractivity contribution in [1.82, 2.24) is 4.90 Å². The summed E-state index contributed by atoms with van der Waals surface area (Å²) in [7, 11) is 0. The Morgan fingerprint density at radius 2 is 1.86 bits per heavy atom. The summed E-state index contributed by atoms with van der Waals surface area (Å²) in [4.78, 5) is 2.62. The molecular weight excluding hydrogens is 438 g/mol. The Kier molecular flexibility index (Phi) is 14.6. The summed E-state index contributed by atoms with van der Waals surface area (Å²) in [6.07, 6.45) is 38.9. The zero-order valence-electron chi connectivity index (χ0n) is 23.4. The maximum atomic E-state index is 5.93. The van der Waals surface area contributed by atoms with E-state index in [0.29, 0.717) is 5.92 Å². The molecule has 0 N–H and O–H groups in total. The molecule has 1 saturated heterocycles. The molecule has 0 spiro atoms. The topological polar surface area (TPSA) is 12.5 Å². The highest BCUT2D eigenvalue weighted by atomic mass is 16.5. The molecular formula is C34H49NO. The second-order valence-corrected chi connectivity index (χ2v) is 9.78. The molecule has 0 radical (unpaired) electrons. The fraction of sp³-hybridized carbons (Fsp3) is 0.471. The standard InChI is InChI=1S/C34H49NO/c1-6-9-19-34(8-3)36-30(5)17-12-10-11-15-26-35-27-24-33(25-28-35)32-22-20-31(21-23-32)18-14-13-16-29(4)7-2/h7-14,16-20,22-23,30-31,33H,6,15,21,24-28H2,1-5H3/b11-10-,16-13-,17-12-,18-14+,19-9-,29-7+,34-8+. The van der Waals surface area contributed by atoms with Crippen molar-refractivity contribution >= 4 is 0 Å². The quantitative estimate of drug-likeness (QED) is 0.190. The molecule has 1 fully saturated rings. The smallest absolute Gasteiger partial charge is 0.115 e. The maximum Gasteiger partial charge on any atom is 0.115 e. The van der Waals surface area contributed by atoms with Gasteiger partial charge < -0.3 is 9.64 Å². The average Bonchev–Trinajstić information content (AvgIpc) is 2.91. The minimum atomic E-state index is 0.0696. The second kappa shape index (κ2) is 17.8. The van der Waals surface area contributed by atoms with Crippen LogP contribution in [0.4, 0.5) is 0 Å². The minimum Gasteiger partial charge on any atom is -0.487 e. The Morgan fingerprint density at radius 1 is 1.06 bits per heavy atom. The predicted molar refractivity (Wildman–Crippen MR) is 159 cm³/mol. The first-order valence-corrected chi connectivity index (χ1v) is 14.0. The molecule has 0 amide bonds. The monoisotopic (exact) mass is 487 g/mol. The van der Waals surface area contributed by atoms with E-state index in [1.807, 2.05) is 19.1 Å². The molecule has 2 aliphatic rings. The van der Waals surface area contributed by atoms with Gasteiger partial charge >= 0.3 is 0 Å². The third-order valence-electron chi connectivity index (χ3n) is 6.87. The van der Waals surface area contributed by atoms with Gasteiger partial charge in [0.05, 0.1) is 0 Å². The van der Waals surface area contributed by atoms with Crippen LogP contribution in [0.15, 0.2) is 108 Å². The van der Waals surface area contributed by atoms with Gasteiger partial charge in [-0.25, -0.2) is 0 Å². The van der Waals surface area contributed by atoms with Crippen molar-refractivity contribution in [2.45, 2.75) is 72.8 Å². The molecule has 0 aromatic rings. The Hall–Kier alpha value is -2.58. The zero-order valence-corrected chi connectivity index (χ0v) is 23.4. The number of piperidine rings is 1. The van der Waals surface area contributed by atoms with E-state index in [1.54, 1.807) is 5.57 Å². The molecule has 2 rings (SSSR count). The molecule has 1 aliphatic carbocycles. The van der Waals surface area contributed by atoms with E-state index in [4.69, 9.17) is 4.74 Å². The van der Waals surface area contributed by atoms with Gasteiger partial charge in [-0.1, -0.05) is 85.4 Å². The Morgan fingerprint density at radius 3 is 2.53 bits per heavy atom. The summed E-state index contributed by atoms with van der Waals surface area (Å²) in [5.74, 6) is 2.19. The summed E-state index contributed by atoms with van der Waals surface area (Å²) in [5, 5.41) is 0. The van der Waals surface area contributed by atoms with Gasteiger partial charge in [-0.3, -0.25) is 0 Å². The molecule has 0 saturated carbocycles. The lowest BCUT2D eigenvalue weighted by Crippen LogP contribution is -2.34. The molecule has 0 aromatic carbocycles. The first kappa shape index (κ1) is 29.6. The first-order valence-electron chi connectivity index (χ1n) is 14.0. The van der Waals surface area contributed by atoms with Crippen LogP contribution >= 0.6 is 0 Å². The molecule has 1 heterocycles. The van der Waals surface area contributed by atoms with E-state index >= 15 is 0 Å². The van der Waals surface area contributed by atoms with Crippen molar-refractivity contribution in [3.63, 3.8) is 0 Å². The van der Waals surface area contributed by atoms with Gasteiger partial charge in [0.1, 0.15) is 11.9 Å². The fourth-order valence-electron chi connectivity index (χ4n) is 4.44. The van der Waals surface area contributed by atoms with Crippen LogP contribution in [-0.2, 0) is 4.74 Å². The SMILES string of the molecule is C/C=C(C)/C=C\C=C\C1C=CC(C2CCN(CC/C=C\C=C/C(C)OC(/C=C\CC)=C/C)CC2)=CC1. The van der Waals surface area contributed by atoms with Crippen molar-refractivity contribution < 1.29 is 4.74 Å². The van der Waals surface area contributed by atoms with Gasteiger partial charge in [0.15, 0.2) is 0 Å². The van der Waals surface area contributed by atoms with Gasteiger partial charge in [-0.05, 0) is 109 Å². The minimum absolute atomic E-state index is 0.0696. The number of allylic oxidation sites excluding steroid dienone is 15. The van der Waals surface area contributed by atoms with Crippen LogP contribution in [0.3, 0.4) is 0 Å². The van der Waals surface area contributed by atoms with Crippen LogP contribution in [0, 0.1) is 11.8 Å². The third-order valence-corrected chi connectivity index (χ3v) is 6.87. The number of nitrogens with zero attached hydrogens (tertiary/aromatic N) is 1. The number of ether oxygens (including phenoxy) is 1. The van der Waals surface area contributed by atoms with Crippen molar-refractivity contribution in [3.8, 4) is 0 Å². The van der Waals surface area contributed by atoms with Crippen molar-refractivity contribution in [2.75, 3.05) is 19.6 Å². The molecule has 0 bridgehead atoms. The predicted octanol–water partition coefficient (Wildman–Crippen LogP) is 9.06. The molecule has 0 aromatic heterocycles. The Bertz CT molecular complexity index is 897. The lowest BCUT2D eigenvalue weighted by Gasteiger charge is -2.33. The summed E-state index contributed by atoms with van der Waals surface area (Å²) in [6.45, 7) is 14.0. The zero-order chi connectivity index (χ0) is 26.0. The number of likely N-dealkylation sites (tertiary alicyclic amines) is 1. The molecule has 1 aliphatic heterocycles. The van der Waals surface area contributed by atoms with Gasteiger partial charge in [0.25, 0.3) is 0 Å². The lowest BCUT2D eigenvalue weighted by molar-refractivity contribution is 0.180. The Labute approximate surface area is 221 Å². The Balaban J connectivity index is 1.64. The van der Waals surface area contributed by atoms with Crippen molar-refractivity contribution in [1.29, 1.82) is 0 Å². The first-order chi connectivity index (χ1) is 17.5. The highest BCUT2D eigenvalue weighted by Crippen LogP contribution is 2.30. The van der Waals surface area contributed by atoms with Gasteiger partial charge in [0, 0.05) is 6.54 Å². The number of rotatable bonds is 13. The van der Waals surface area contributed by atoms with E-state index in [-0.39, 0.29) is 6.10 Å². The van der Waals surface area contributed by atoms with E-state index < -0.39 is 0 Å². The molecule has 36 heavy (non-hydrogen) atoms. The molecule has 196 valence electrons. The largest absolute Gasteiger partial charge is 0.487 e. The molecule has 2 unspecified atom stereocenters.